The van der Waals surface area contributed by atoms with E-state index >= 15 is 0 Å². The van der Waals surface area contributed by atoms with E-state index in [-0.39, 0.29) is 10.8 Å². The predicted octanol–water partition coefficient (Wildman–Crippen LogP) is 4.85. The van der Waals surface area contributed by atoms with E-state index in [1.807, 2.05) is 0 Å². The molecule has 2 aromatic carbocycles. The molecule has 0 aliphatic carbocycles. The van der Waals surface area contributed by atoms with Crippen molar-refractivity contribution in [2.24, 2.45) is 0 Å². The monoisotopic (exact) mass is 316 g/mol. The number of para-hydroxylation sites is 1. The number of ether oxygens (including phenoxy) is 1. The Balaban J connectivity index is 2.48. The molecule has 0 atom stereocenters. The van der Waals surface area contributed by atoms with Crippen LogP contribution in [-0.2, 0) is 6.18 Å². The lowest BCUT2D eigenvalue weighted by Gasteiger charge is -2.15. The average molecular weight is 317 g/mol. The normalized spacial score (nSPS) is 11.2. The van der Waals surface area contributed by atoms with E-state index < -0.39 is 29.0 Å². The molecule has 21 heavy (non-hydrogen) atoms. The molecule has 1 N–H and O–H groups in total. The molecule has 110 valence electrons. The Kier molecular flexibility index (Phi) is 4.09. The molecule has 0 radical (unpaired) electrons. The van der Waals surface area contributed by atoms with Gasteiger partial charge in [-0.15, -0.1) is 0 Å². The van der Waals surface area contributed by atoms with Crippen molar-refractivity contribution >= 4 is 17.6 Å². The third kappa shape index (κ3) is 3.46. The molecule has 3 nitrogen and oxygen atoms in total. The van der Waals surface area contributed by atoms with Gasteiger partial charge in [0.2, 0.25) is 0 Å². The zero-order chi connectivity index (χ0) is 15.6. The third-order valence-electron chi connectivity index (χ3n) is 2.59. The van der Waals surface area contributed by atoms with Crippen molar-refractivity contribution in [1.82, 2.24) is 0 Å². The largest absolute Gasteiger partial charge is 0.478 e. The summed E-state index contributed by atoms with van der Waals surface area (Å²) in [7, 11) is 0. The van der Waals surface area contributed by atoms with Crippen LogP contribution in [0.25, 0.3) is 0 Å². The van der Waals surface area contributed by atoms with Crippen molar-refractivity contribution in [3.05, 3.63) is 58.6 Å². The number of hydrogen-bond acceptors (Lipinski definition) is 2. The van der Waals surface area contributed by atoms with Crippen molar-refractivity contribution in [3.8, 4) is 11.5 Å². The highest BCUT2D eigenvalue weighted by Gasteiger charge is 2.35. The van der Waals surface area contributed by atoms with Gasteiger partial charge in [-0.1, -0.05) is 23.7 Å². The number of halogens is 4. The molecule has 0 unspecified atom stereocenters. The van der Waals surface area contributed by atoms with Crippen LogP contribution in [0.15, 0.2) is 42.5 Å². The standard InChI is InChI=1S/C14H8ClF3O3/c15-10-3-1-2-4-12(10)21-11-6-5-8(13(19)20)7-9(11)14(16,17)18/h1-7H,(H,19,20). The number of hydrogen-bond donors (Lipinski definition) is 1. The van der Waals surface area contributed by atoms with Gasteiger partial charge in [0.05, 0.1) is 16.1 Å². The fourth-order valence-electron chi connectivity index (χ4n) is 1.62. The number of carboxylic acids is 1. The van der Waals surface area contributed by atoms with Crippen LogP contribution in [0.2, 0.25) is 5.02 Å². The first-order valence-corrected chi connectivity index (χ1v) is 6.04. The maximum absolute atomic E-state index is 13.0. The molecule has 0 saturated carbocycles. The van der Waals surface area contributed by atoms with Crippen LogP contribution < -0.4 is 4.74 Å². The third-order valence-corrected chi connectivity index (χ3v) is 2.90. The first kappa shape index (κ1) is 15.2. The minimum Gasteiger partial charge on any atom is -0.478 e. The van der Waals surface area contributed by atoms with Crippen LogP contribution in [0.5, 0.6) is 11.5 Å². The Morgan fingerprint density at radius 2 is 1.76 bits per heavy atom. The van der Waals surface area contributed by atoms with E-state index in [0.717, 1.165) is 12.1 Å². The molecule has 2 rings (SSSR count). The highest BCUT2D eigenvalue weighted by Crippen LogP contribution is 2.40. The topological polar surface area (TPSA) is 46.5 Å². The Morgan fingerprint density at radius 3 is 2.33 bits per heavy atom. The molecule has 0 fully saturated rings. The van der Waals surface area contributed by atoms with Crippen LogP contribution in [0.3, 0.4) is 0 Å². The Hall–Kier alpha value is -2.21. The van der Waals surface area contributed by atoms with E-state index in [0.29, 0.717) is 6.07 Å². The van der Waals surface area contributed by atoms with Gasteiger partial charge in [-0.25, -0.2) is 4.79 Å². The molecule has 0 aliphatic rings. The minimum absolute atomic E-state index is 0.0488. The quantitative estimate of drug-likeness (QED) is 0.880. The van der Waals surface area contributed by atoms with E-state index in [1.54, 1.807) is 12.1 Å². The molecule has 7 heteroatoms. The first-order chi connectivity index (χ1) is 9.79. The number of alkyl halides is 3. The van der Waals surface area contributed by atoms with Gasteiger partial charge in [-0.3, -0.25) is 0 Å². The lowest BCUT2D eigenvalue weighted by atomic mass is 10.1. The lowest BCUT2D eigenvalue weighted by Crippen LogP contribution is -2.09. The molecule has 0 bridgehead atoms. The minimum atomic E-state index is -4.75. The summed E-state index contributed by atoms with van der Waals surface area (Å²) in [6, 6.07) is 8.55. The summed E-state index contributed by atoms with van der Waals surface area (Å²) in [6.45, 7) is 0. The Labute approximate surface area is 122 Å². The average Bonchev–Trinajstić information content (AvgIpc) is 2.40. The molecule has 0 saturated heterocycles. The second-order valence-corrected chi connectivity index (χ2v) is 4.45. The smallest absolute Gasteiger partial charge is 0.420 e. The first-order valence-electron chi connectivity index (χ1n) is 5.66. The maximum atomic E-state index is 13.0. The fourth-order valence-corrected chi connectivity index (χ4v) is 1.79. The van der Waals surface area contributed by atoms with Crippen LogP contribution in [0, 0.1) is 0 Å². The molecular formula is C14H8ClF3O3. The summed E-state index contributed by atoms with van der Waals surface area (Å²) in [5.74, 6) is -1.92. The van der Waals surface area contributed by atoms with Gasteiger partial charge in [0, 0.05) is 0 Å². The Morgan fingerprint density at radius 1 is 1.10 bits per heavy atom. The second kappa shape index (κ2) is 5.65. The molecule has 0 amide bonds. The van der Waals surface area contributed by atoms with Crippen LogP contribution in [0.4, 0.5) is 13.2 Å². The summed E-state index contributed by atoms with van der Waals surface area (Å²) in [5.41, 5.74) is -1.66. The van der Waals surface area contributed by atoms with Gasteiger partial charge >= 0.3 is 12.1 Å². The van der Waals surface area contributed by atoms with Gasteiger partial charge in [-0.05, 0) is 30.3 Å². The summed E-state index contributed by atoms with van der Waals surface area (Å²) >= 11 is 5.82. The second-order valence-electron chi connectivity index (χ2n) is 4.05. The zero-order valence-corrected chi connectivity index (χ0v) is 11.1. The van der Waals surface area contributed by atoms with Crippen LogP contribution in [0.1, 0.15) is 15.9 Å². The molecule has 2 aromatic rings. The number of benzene rings is 2. The number of rotatable bonds is 3. The number of aromatic carboxylic acids is 1. The predicted molar refractivity (Wildman–Crippen MR) is 69.9 cm³/mol. The molecular weight excluding hydrogens is 309 g/mol. The van der Waals surface area contributed by atoms with E-state index in [4.69, 9.17) is 21.4 Å². The van der Waals surface area contributed by atoms with Gasteiger partial charge < -0.3 is 9.84 Å². The fraction of sp³-hybridized carbons (Fsp3) is 0.0714. The summed E-state index contributed by atoms with van der Waals surface area (Å²) in [4.78, 5) is 10.8. The summed E-state index contributed by atoms with van der Waals surface area (Å²) in [5, 5.41) is 8.92. The van der Waals surface area contributed by atoms with Gasteiger partial charge in [-0.2, -0.15) is 13.2 Å². The van der Waals surface area contributed by atoms with Crippen molar-refractivity contribution in [1.29, 1.82) is 0 Å². The number of carbonyl (C=O) groups is 1. The van der Waals surface area contributed by atoms with E-state index in [1.165, 1.54) is 12.1 Å². The molecule has 0 spiro atoms. The van der Waals surface area contributed by atoms with Crippen molar-refractivity contribution in [3.63, 3.8) is 0 Å². The molecule has 0 aliphatic heterocycles. The maximum Gasteiger partial charge on any atom is 0.420 e. The summed E-state index contributed by atoms with van der Waals surface area (Å²) in [6.07, 6.45) is -4.75. The van der Waals surface area contributed by atoms with E-state index in [2.05, 4.69) is 0 Å². The van der Waals surface area contributed by atoms with Gasteiger partial charge in [0.15, 0.2) is 0 Å². The van der Waals surface area contributed by atoms with Crippen LogP contribution in [-0.4, -0.2) is 11.1 Å². The van der Waals surface area contributed by atoms with Crippen molar-refractivity contribution in [2.45, 2.75) is 6.18 Å². The summed E-state index contributed by atoms with van der Waals surface area (Å²) < 4.78 is 44.1. The van der Waals surface area contributed by atoms with Crippen LogP contribution >= 0.6 is 11.6 Å². The zero-order valence-electron chi connectivity index (χ0n) is 10.3. The Bertz CT molecular complexity index is 683. The SMILES string of the molecule is O=C(O)c1ccc(Oc2ccccc2Cl)c(C(F)(F)F)c1. The van der Waals surface area contributed by atoms with Gasteiger partial charge in [0.1, 0.15) is 11.5 Å². The number of carboxylic acid groups (broad SMARTS) is 1. The molecule has 0 aromatic heterocycles. The van der Waals surface area contributed by atoms with Crippen molar-refractivity contribution < 1.29 is 27.8 Å². The van der Waals surface area contributed by atoms with E-state index in [9.17, 15) is 18.0 Å². The highest BCUT2D eigenvalue weighted by atomic mass is 35.5. The lowest BCUT2D eigenvalue weighted by molar-refractivity contribution is -0.138. The highest BCUT2D eigenvalue weighted by molar-refractivity contribution is 6.32. The molecule has 0 heterocycles. The van der Waals surface area contributed by atoms with Crippen molar-refractivity contribution in [2.75, 3.05) is 0 Å². The van der Waals surface area contributed by atoms with Gasteiger partial charge in [0.25, 0.3) is 0 Å².